The van der Waals surface area contributed by atoms with Gasteiger partial charge in [0.2, 0.25) is 11.8 Å². The number of benzene rings is 1. The number of nitrogen functional groups attached to an aromatic ring is 1. The number of nitrogens with two attached hydrogens (primary N) is 1. The van der Waals surface area contributed by atoms with Gasteiger partial charge in [0, 0.05) is 36.3 Å². The van der Waals surface area contributed by atoms with E-state index in [0.29, 0.717) is 18.1 Å². The average Bonchev–Trinajstić information content (AvgIpc) is 3.23. The summed E-state index contributed by atoms with van der Waals surface area (Å²) in [4.78, 5) is 32.7. The summed E-state index contributed by atoms with van der Waals surface area (Å²) in [7, 11) is 0. The molecule has 146 valence electrons. The Balaban J connectivity index is 0.00000131. The van der Waals surface area contributed by atoms with Gasteiger partial charge in [-0.05, 0) is 37.0 Å². The van der Waals surface area contributed by atoms with E-state index in [0.717, 1.165) is 48.4 Å². The second kappa shape index (κ2) is 8.91. The van der Waals surface area contributed by atoms with Crippen molar-refractivity contribution in [1.82, 2.24) is 4.98 Å². The van der Waals surface area contributed by atoms with E-state index in [4.69, 9.17) is 5.73 Å². The molecule has 2 aliphatic rings. The Morgan fingerprint density at radius 3 is 2.70 bits per heavy atom. The van der Waals surface area contributed by atoms with Gasteiger partial charge in [0.1, 0.15) is 0 Å². The molecule has 0 aliphatic carbocycles. The molecule has 0 unspecified atom stereocenters. The monoisotopic (exact) mass is 428 g/mol. The zero-order chi connectivity index (χ0) is 17.4. The van der Waals surface area contributed by atoms with E-state index >= 15 is 0 Å². The topological polar surface area (TPSA) is 79.5 Å². The van der Waals surface area contributed by atoms with Crippen LogP contribution in [0.4, 0.5) is 16.5 Å². The first-order valence-corrected chi connectivity index (χ1v) is 9.44. The van der Waals surface area contributed by atoms with E-state index in [-0.39, 0.29) is 43.0 Å². The summed E-state index contributed by atoms with van der Waals surface area (Å²) in [5.41, 5.74) is 9.50. The van der Waals surface area contributed by atoms with Gasteiger partial charge >= 0.3 is 0 Å². The minimum atomic E-state index is 0. The number of nitrogens with zero attached hydrogens (tertiary/aromatic N) is 3. The van der Waals surface area contributed by atoms with Crippen LogP contribution in [0.1, 0.15) is 30.5 Å². The second-order valence-corrected chi connectivity index (χ2v) is 7.28. The molecule has 1 aromatic heterocycles. The smallest absolute Gasteiger partial charge is 0.233 e. The van der Waals surface area contributed by atoms with Crippen molar-refractivity contribution in [3.63, 3.8) is 0 Å². The molecule has 2 aliphatic heterocycles. The number of hydrogen-bond acceptors (Lipinski definition) is 5. The van der Waals surface area contributed by atoms with E-state index in [1.54, 1.807) is 4.90 Å². The standard InChI is InChI=1S/C18H20N4O2S.2ClH/c19-14-5-1-6-15-13(14)4-2-8-21(15)17(24)10-12-11-25-18(20-12)22-9-3-7-16(22)23;;/h1,5-6,11H,2-4,7-10,19H2;2*1H. The van der Waals surface area contributed by atoms with Crippen LogP contribution in [-0.2, 0) is 22.4 Å². The molecule has 1 aromatic carbocycles. The van der Waals surface area contributed by atoms with Crippen molar-refractivity contribution in [1.29, 1.82) is 0 Å². The summed E-state index contributed by atoms with van der Waals surface area (Å²) < 4.78 is 0. The fraction of sp³-hybridized carbons (Fsp3) is 0.389. The first-order valence-electron chi connectivity index (χ1n) is 8.56. The quantitative estimate of drug-likeness (QED) is 0.760. The minimum absolute atomic E-state index is 0. The van der Waals surface area contributed by atoms with Crippen molar-refractivity contribution in [3.05, 3.63) is 34.8 Å². The number of rotatable bonds is 3. The molecule has 0 radical (unpaired) electrons. The predicted molar refractivity (Wildman–Crippen MR) is 113 cm³/mol. The highest BCUT2D eigenvalue weighted by Gasteiger charge is 2.26. The van der Waals surface area contributed by atoms with E-state index in [1.165, 1.54) is 11.3 Å². The summed E-state index contributed by atoms with van der Waals surface area (Å²) >= 11 is 1.43. The van der Waals surface area contributed by atoms with E-state index in [9.17, 15) is 9.59 Å². The highest BCUT2D eigenvalue weighted by atomic mass is 35.5. The van der Waals surface area contributed by atoms with E-state index in [1.807, 2.05) is 28.5 Å². The lowest BCUT2D eigenvalue weighted by molar-refractivity contribution is -0.118. The first kappa shape index (κ1) is 21.5. The van der Waals surface area contributed by atoms with Crippen LogP contribution in [-0.4, -0.2) is 29.9 Å². The van der Waals surface area contributed by atoms with Gasteiger partial charge in [-0.25, -0.2) is 4.98 Å². The van der Waals surface area contributed by atoms with Gasteiger partial charge in [-0.2, -0.15) is 0 Å². The van der Waals surface area contributed by atoms with Gasteiger partial charge in [-0.15, -0.1) is 36.2 Å². The molecule has 0 bridgehead atoms. The van der Waals surface area contributed by atoms with Crippen LogP contribution in [0.25, 0.3) is 0 Å². The van der Waals surface area contributed by atoms with Crippen molar-refractivity contribution in [2.24, 2.45) is 0 Å². The maximum absolute atomic E-state index is 12.8. The summed E-state index contributed by atoms with van der Waals surface area (Å²) in [5, 5.41) is 2.58. The number of thiazole rings is 1. The highest BCUT2D eigenvalue weighted by molar-refractivity contribution is 7.14. The molecule has 0 saturated carbocycles. The molecule has 3 heterocycles. The lowest BCUT2D eigenvalue weighted by Gasteiger charge is -2.30. The lowest BCUT2D eigenvalue weighted by Crippen LogP contribution is -2.36. The summed E-state index contributed by atoms with van der Waals surface area (Å²) in [6.07, 6.45) is 3.52. The van der Waals surface area contributed by atoms with Gasteiger partial charge in [-0.1, -0.05) is 6.07 Å². The van der Waals surface area contributed by atoms with Crippen LogP contribution in [0.3, 0.4) is 0 Å². The minimum Gasteiger partial charge on any atom is -0.398 e. The lowest BCUT2D eigenvalue weighted by atomic mass is 9.99. The number of hydrogen-bond donors (Lipinski definition) is 1. The van der Waals surface area contributed by atoms with Crippen LogP contribution in [0.5, 0.6) is 0 Å². The molecule has 2 N–H and O–H groups in total. The predicted octanol–water partition coefficient (Wildman–Crippen LogP) is 3.22. The SMILES string of the molecule is Cl.Cl.Nc1cccc2c1CCCN2C(=O)Cc1csc(N2CCCC2=O)n1. The molecule has 6 nitrogen and oxygen atoms in total. The summed E-state index contributed by atoms with van der Waals surface area (Å²) in [5.74, 6) is 0.142. The van der Waals surface area contributed by atoms with Gasteiger partial charge < -0.3 is 10.6 Å². The highest BCUT2D eigenvalue weighted by Crippen LogP contribution is 2.32. The number of anilines is 3. The zero-order valence-corrected chi connectivity index (χ0v) is 17.2. The van der Waals surface area contributed by atoms with Crippen molar-refractivity contribution >= 4 is 64.5 Å². The Morgan fingerprint density at radius 2 is 1.96 bits per heavy atom. The van der Waals surface area contributed by atoms with E-state index < -0.39 is 0 Å². The maximum atomic E-state index is 12.8. The number of carbonyl (C=O) groups excluding carboxylic acids is 2. The van der Waals surface area contributed by atoms with Gasteiger partial charge in [0.15, 0.2) is 5.13 Å². The number of fused-ring (bicyclic) bond motifs is 1. The summed E-state index contributed by atoms with van der Waals surface area (Å²) in [6, 6.07) is 5.73. The average molecular weight is 429 g/mol. The molecule has 2 amide bonds. The maximum Gasteiger partial charge on any atom is 0.233 e. The Morgan fingerprint density at radius 1 is 1.19 bits per heavy atom. The van der Waals surface area contributed by atoms with Crippen LogP contribution in [0.2, 0.25) is 0 Å². The zero-order valence-electron chi connectivity index (χ0n) is 14.7. The van der Waals surface area contributed by atoms with Gasteiger partial charge in [0.05, 0.1) is 12.1 Å². The fourth-order valence-corrected chi connectivity index (χ4v) is 4.38. The molecule has 1 fully saturated rings. The third-order valence-corrected chi connectivity index (χ3v) is 5.68. The molecule has 4 rings (SSSR count). The molecule has 0 atom stereocenters. The number of aromatic nitrogens is 1. The van der Waals surface area contributed by atoms with Gasteiger partial charge in [-0.3, -0.25) is 14.5 Å². The van der Waals surface area contributed by atoms with Crippen LogP contribution >= 0.6 is 36.2 Å². The Labute approximate surface area is 174 Å². The largest absolute Gasteiger partial charge is 0.398 e. The van der Waals surface area contributed by atoms with Crippen molar-refractivity contribution in [3.8, 4) is 0 Å². The molecular formula is C18H22Cl2N4O2S. The fourth-order valence-electron chi connectivity index (χ4n) is 3.51. The van der Waals surface area contributed by atoms with Crippen molar-refractivity contribution < 1.29 is 9.59 Å². The summed E-state index contributed by atoms with van der Waals surface area (Å²) in [6.45, 7) is 1.43. The Bertz CT molecular complexity index is 843. The van der Waals surface area contributed by atoms with Crippen LogP contribution in [0, 0.1) is 0 Å². The molecular weight excluding hydrogens is 407 g/mol. The Hall–Kier alpha value is -1.83. The molecule has 27 heavy (non-hydrogen) atoms. The third-order valence-electron chi connectivity index (χ3n) is 4.76. The van der Waals surface area contributed by atoms with Crippen molar-refractivity contribution in [2.45, 2.75) is 32.1 Å². The van der Waals surface area contributed by atoms with Crippen LogP contribution in [0.15, 0.2) is 23.6 Å². The molecule has 1 saturated heterocycles. The van der Waals surface area contributed by atoms with Gasteiger partial charge in [0.25, 0.3) is 0 Å². The second-order valence-electron chi connectivity index (χ2n) is 6.44. The first-order chi connectivity index (χ1) is 12.1. The number of carbonyl (C=O) groups is 2. The van der Waals surface area contributed by atoms with Crippen molar-refractivity contribution in [2.75, 3.05) is 28.6 Å². The molecule has 9 heteroatoms. The normalized spacial score (nSPS) is 15.8. The number of amides is 2. The van der Waals surface area contributed by atoms with Crippen LogP contribution < -0.4 is 15.5 Å². The number of halogens is 2. The molecule has 0 spiro atoms. The Kier molecular flexibility index (Phi) is 7.08. The third kappa shape index (κ3) is 4.20. The molecule has 2 aromatic rings. The van der Waals surface area contributed by atoms with E-state index in [2.05, 4.69) is 4.98 Å².